The van der Waals surface area contributed by atoms with Crippen LogP contribution in [0.1, 0.15) is 21.5 Å². The van der Waals surface area contributed by atoms with Gasteiger partial charge in [-0.2, -0.15) is 0 Å². The molecule has 0 heterocycles. The van der Waals surface area contributed by atoms with E-state index in [2.05, 4.69) is 14.8 Å². The van der Waals surface area contributed by atoms with E-state index in [0.29, 0.717) is 11.4 Å². The molecule has 0 spiro atoms. The molecule has 168 valence electrons. The molecule has 0 aromatic heterocycles. The third-order valence-electron chi connectivity index (χ3n) is 4.57. The van der Waals surface area contributed by atoms with Crippen molar-refractivity contribution in [2.24, 2.45) is 0 Å². The number of benzene rings is 3. The van der Waals surface area contributed by atoms with Crippen molar-refractivity contribution >= 4 is 43.0 Å². The Labute approximate surface area is 187 Å². The fourth-order valence-corrected chi connectivity index (χ4v) is 4.79. The van der Waals surface area contributed by atoms with Crippen LogP contribution in [0.25, 0.3) is 0 Å². The van der Waals surface area contributed by atoms with Gasteiger partial charge in [-0.05, 0) is 67.4 Å². The zero-order valence-corrected chi connectivity index (χ0v) is 19.3. The molecule has 0 saturated carbocycles. The van der Waals surface area contributed by atoms with Crippen molar-refractivity contribution in [1.82, 2.24) is 0 Å². The van der Waals surface area contributed by atoms with Crippen LogP contribution in [0.15, 0.2) is 71.6 Å². The van der Waals surface area contributed by atoms with Gasteiger partial charge in [-0.3, -0.25) is 14.2 Å². The molecule has 3 rings (SSSR count). The molecule has 0 aliphatic rings. The standard InChI is InChI=1S/C22H23N3O5S2/c1-15-6-4-7-16(2)21(15)25-32(29,30)20-12-10-18(11-13-20)23-22(26)17-8-5-9-19(14-17)24-31(3,27)28/h4-14,24-25H,1-3H3,(H,23,26). The summed E-state index contributed by atoms with van der Waals surface area (Å²) in [6.07, 6.45) is 1.02. The van der Waals surface area contributed by atoms with Crippen molar-refractivity contribution in [3.05, 3.63) is 83.4 Å². The molecular formula is C22H23N3O5S2. The highest BCUT2D eigenvalue weighted by atomic mass is 32.2. The van der Waals surface area contributed by atoms with Crippen LogP contribution in [-0.2, 0) is 20.0 Å². The molecule has 3 N–H and O–H groups in total. The number of hydrogen-bond acceptors (Lipinski definition) is 5. The van der Waals surface area contributed by atoms with Gasteiger partial charge in [-0.25, -0.2) is 16.8 Å². The maximum atomic E-state index is 12.8. The molecule has 10 heteroatoms. The Morgan fingerprint density at radius 3 is 1.94 bits per heavy atom. The lowest BCUT2D eigenvalue weighted by molar-refractivity contribution is 0.102. The summed E-state index contributed by atoms with van der Waals surface area (Å²) < 4.78 is 53.2. The first-order valence-electron chi connectivity index (χ1n) is 9.53. The van der Waals surface area contributed by atoms with Gasteiger partial charge < -0.3 is 5.32 Å². The molecule has 3 aromatic carbocycles. The van der Waals surface area contributed by atoms with Gasteiger partial charge in [0.15, 0.2) is 0 Å². The second-order valence-electron chi connectivity index (χ2n) is 7.31. The van der Waals surface area contributed by atoms with Crippen molar-refractivity contribution in [1.29, 1.82) is 0 Å². The maximum absolute atomic E-state index is 12.8. The Balaban J connectivity index is 1.75. The van der Waals surface area contributed by atoms with Crippen LogP contribution >= 0.6 is 0 Å². The van der Waals surface area contributed by atoms with Crippen molar-refractivity contribution in [2.45, 2.75) is 18.7 Å². The summed E-state index contributed by atoms with van der Waals surface area (Å²) in [5.41, 5.74) is 3.05. The van der Waals surface area contributed by atoms with E-state index < -0.39 is 26.0 Å². The Bertz CT molecular complexity index is 1350. The van der Waals surface area contributed by atoms with Crippen LogP contribution in [0.4, 0.5) is 17.1 Å². The van der Waals surface area contributed by atoms with E-state index in [-0.39, 0.29) is 16.1 Å². The van der Waals surface area contributed by atoms with Crippen LogP contribution in [0.3, 0.4) is 0 Å². The summed E-state index contributed by atoms with van der Waals surface area (Å²) in [6.45, 7) is 3.65. The Morgan fingerprint density at radius 1 is 0.750 bits per heavy atom. The van der Waals surface area contributed by atoms with Crippen LogP contribution in [-0.4, -0.2) is 29.0 Å². The lowest BCUT2D eigenvalue weighted by Gasteiger charge is -2.13. The minimum atomic E-state index is -3.81. The molecule has 32 heavy (non-hydrogen) atoms. The molecule has 8 nitrogen and oxygen atoms in total. The number of carbonyl (C=O) groups excluding carboxylic acids is 1. The number of nitrogens with one attached hydrogen (secondary N) is 3. The molecule has 0 bridgehead atoms. The summed E-state index contributed by atoms with van der Waals surface area (Å²) in [5.74, 6) is -0.466. The fourth-order valence-electron chi connectivity index (χ4n) is 3.03. The van der Waals surface area contributed by atoms with Crippen LogP contribution in [0.2, 0.25) is 0 Å². The Morgan fingerprint density at radius 2 is 1.34 bits per heavy atom. The first-order valence-corrected chi connectivity index (χ1v) is 12.9. The first kappa shape index (κ1) is 23.3. The molecule has 0 unspecified atom stereocenters. The van der Waals surface area contributed by atoms with E-state index >= 15 is 0 Å². The summed E-state index contributed by atoms with van der Waals surface area (Å²) in [6, 6.07) is 17.3. The van der Waals surface area contributed by atoms with E-state index in [9.17, 15) is 21.6 Å². The molecule has 1 amide bonds. The highest BCUT2D eigenvalue weighted by Crippen LogP contribution is 2.24. The highest BCUT2D eigenvalue weighted by molar-refractivity contribution is 7.92. The minimum Gasteiger partial charge on any atom is -0.322 e. The maximum Gasteiger partial charge on any atom is 0.261 e. The second kappa shape index (κ2) is 9.01. The summed E-state index contributed by atoms with van der Waals surface area (Å²) >= 11 is 0. The van der Waals surface area contributed by atoms with Gasteiger partial charge >= 0.3 is 0 Å². The van der Waals surface area contributed by atoms with Crippen LogP contribution in [0.5, 0.6) is 0 Å². The summed E-state index contributed by atoms with van der Waals surface area (Å²) in [7, 11) is -7.28. The summed E-state index contributed by atoms with van der Waals surface area (Å²) in [4.78, 5) is 12.6. The molecule has 3 aromatic rings. The SMILES string of the molecule is Cc1cccc(C)c1NS(=O)(=O)c1ccc(NC(=O)c2cccc(NS(C)(=O)=O)c2)cc1. The van der Waals surface area contributed by atoms with Gasteiger partial charge in [-0.1, -0.05) is 24.3 Å². The van der Waals surface area contributed by atoms with Gasteiger partial charge in [0, 0.05) is 16.9 Å². The van der Waals surface area contributed by atoms with E-state index in [4.69, 9.17) is 0 Å². The molecule has 0 aliphatic carbocycles. The molecular weight excluding hydrogens is 450 g/mol. The molecule has 0 radical (unpaired) electrons. The van der Waals surface area contributed by atoms with Gasteiger partial charge in [0.05, 0.1) is 16.8 Å². The fraction of sp³-hybridized carbons (Fsp3) is 0.136. The minimum absolute atomic E-state index is 0.0532. The number of rotatable bonds is 7. The number of sulfonamides is 2. The lowest BCUT2D eigenvalue weighted by atomic mass is 10.1. The van der Waals surface area contributed by atoms with Gasteiger partial charge in [-0.15, -0.1) is 0 Å². The van der Waals surface area contributed by atoms with Crippen molar-refractivity contribution in [3.8, 4) is 0 Å². The average Bonchev–Trinajstić information content (AvgIpc) is 2.70. The van der Waals surface area contributed by atoms with Gasteiger partial charge in [0.2, 0.25) is 10.0 Å². The quantitative estimate of drug-likeness (QED) is 0.483. The van der Waals surface area contributed by atoms with Crippen molar-refractivity contribution < 1.29 is 21.6 Å². The predicted octanol–water partition coefficient (Wildman–Crippen LogP) is 3.73. The van der Waals surface area contributed by atoms with Crippen molar-refractivity contribution in [2.75, 3.05) is 21.0 Å². The topological polar surface area (TPSA) is 121 Å². The monoisotopic (exact) mass is 473 g/mol. The van der Waals surface area contributed by atoms with E-state index in [0.717, 1.165) is 17.4 Å². The predicted molar refractivity (Wildman–Crippen MR) is 126 cm³/mol. The number of para-hydroxylation sites is 1. The number of amides is 1. The number of hydrogen-bond donors (Lipinski definition) is 3. The van der Waals surface area contributed by atoms with E-state index in [1.807, 2.05) is 32.0 Å². The molecule has 0 saturated heterocycles. The number of aryl methyl sites for hydroxylation is 2. The third-order valence-corrected chi connectivity index (χ3v) is 6.54. The lowest BCUT2D eigenvalue weighted by Crippen LogP contribution is -2.15. The Hall–Kier alpha value is -3.37. The van der Waals surface area contributed by atoms with Crippen molar-refractivity contribution in [3.63, 3.8) is 0 Å². The molecule has 0 aliphatic heterocycles. The van der Waals surface area contributed by atoms with Crippen LogP contribution in [0, 0.1) is 13.8 Å². The highest BCUT2D eigenvalue weighted by Gasteiger charge is 2.17. The van der Waals surface area contributed by atoms with Crippen LogP contribution < -0.4 is 14.8 Å². The number of anilines is 3. The van der Waals surface area contributed by atoms with Gasteiger partial charge in [0.25, 0.3) is 15.9 Å². The third kappa shape index (κ3) is 5.86. The Kier molecular flexibility index (Phi) is 6.56. The normalized spacial score (nSPS) is 11.6. The zero-order valence-electron chi connectivity index (χ0n) is 17.7. The largest absolute Gasteiger partial charge is 0.322 e. The van der Waals surface area contributed by atoms with Gasteiger partial charge in [0.1, 0.15) is 0 Å². The molecule has 0 atom stereocenters. The average molecular weight is 474 g/mol. The first-order chi connectivity index (χ1) is 14.9. The number of carbonyl (C=O) groups is 1. The summed E-state index contributed by atoms with van der Waals surface area (Å²) in [5, 5.41) is 2.66. The smallest absolute Gasteiger partial charge is 0.261 e. The zero-order chi connectivity index (χ0) is 23.5. The molecule has 0 fully saturated rings. The van der Waals surface area contributed by atoms with E-state index in [1.54, 1.807) is 6.07 Å². The van der Waals surface area contributed by atoms with E-state index in [1.165, 1.54) is 42.5 Å². The second-order valence-corrected chi connectivity index (χ2v) is 10.7.